The van der Waals surface area contributed by atoms with Crippen molar-refractivity contribution in [1.82, 2.24) is 0 Å². The average Bonchev–Trinajstić information content (AvgIpc) is 2.23. The van der Waals surface area contributed by atoms with E-state index in [1.807, 2.05) is 20.8 Å². The number of hydrogen-bond acceptors (Lipinski definition) is 2. The first-order chi connectivity index (χ1) is 7.86. The van der Waals surface area contributed by atoms with Gasteiger partial charge in [0.2, 0.25) is 0 Å². The second kappa shape index (κ2) is 6.05. The number of benzene rings is 1. The van der Waals surface area contributed by atoms with E-state index in [-0.39, 0.29) is 0 Å². The highest BCUT2D eigenvalue weighted by molar-refractivity contribution is 6.33. The van der Waals surface area contributed by atoms with E-state index < -0.39 is 11.7 Å². The van der Waals surface area contributed by atoms with Gasteiger partial charge in [0.1, 0.15) is 0 Å². The molecule has 0 radical (unpaired) electrons. The van der Waals surface area contributed by atoms with Gasteiger partial charge < -0.3 is 9.84 Å². The van der Waals surface area contributed by atoms with Crippen molar-refractivity contribution >= 4 is 23.2 Å². The quantitative estimate of drug-likeness (QED) is 0.889. The van der Waals surface area contributed by atoms with Gasteiger partial charge >= 0.3 is 0 Å². The minimum atomic E-state index is -0.626. The molecule has 0 aliphatic carbocycles. The van der Waals surface area contributed by atoms with Crippen molar-refractivity contribution in [3.05, 3.63) is 33.8 Å². The van der Waals surface area contributed by atoms with Crippen LogP contribution in [0.5, 0.6) is 0 Å². The van der Waals surface area contributed by atoms with Crippen LogP contribution < -0.4 is 0 Å². The summed E-state index contributed by atoms with van der Waals surface area (Å²) < 4.78 is 5.51. The Kier molecular flexibility index (Phi) is 5.26. The Morgan fingerprint density at radius 3 is 2.59 bits per heavy atom. The van der Waals surface area contributed by atoms with E-state index in [1.54, 1.807) is 18.2 Å². The zero-order valence-corrected chi connectivity index (χ0v) is 11.8. The van der Waals surface area contributed by atoms with Crippen LogP contribution in [0.25, 0.3) is 0 Å². The molecule has 4 heteroatoms. The fourth-order valence-corrected chi connectivity index (χ4v) is 2.01. The van der Waals surface area contributed by atoms with Crippen LogP contribution in [0, 0.1) is 0 Å². The molecule has 0 saturated heterocycles. The lowest BCUT2D eigenvalue weighted by Gasteiger charge is -2.30. The maximum atomic E-state index is 10.2. The molecule has 1 rings (SSSR count). The van der Waals surface area contributed by atoms with Gasteiger partial charge in [-0.2, -0.15) is 0 Å². The normalized spacial score (nSPS) is 13.8. The molecule has 0 spiro atoms. The summed E-state index contributed by atoms with van der Waals surface area (Å²) in [6, 6.07) is 5.24. The molecule has 0 amide bonds. The molecule has 0 fully saturated rings. The first-order valence-corrected chi connectivity index (χ1v) is 6.38. The van der Waals surface area contributed by atoms with Crippen LogP contribution in [0.1, 0.15) is 26.3 Å². The standard InChI is InChI=1S/C13H18Cl2O2/c1-4-17-13(2,3)12(16)8-9-7-10(14)5-6-11(9)15/h5-7,12,16H,4,8H2,1-3H3. The van der Waals surface area contributed by atoms with Gasteiger partial charge in [0.05, 0.1) is 11.7 Å². The van der Waals surface area contributed by atoms with Crippen molar-refractivity contribution in [3.63, 3.8) is 0 Å². The van der Waals surface area contributed by atoms with Crippen LogP contribution in [0.3, 0.4) is 0 Å². The van der Waals surface area contributed by atoms with Crippen molar-refractivity contribution in [2.75, 3.05) is 6.61 Å². The minimum absolute atomic E-state index is 0.423. The van der Waals surface area contributed by atoms with Gasteiger partial charge in [-0.05, 0) is 44.5 Å². The van der Waals surface area contributed by atoms with Gasteiger partial charge in [0, 0.05) is 23.1 Å². The highest BCUT2D eigenvalue weighted by Gasteiger charge is 2.28. The monoisotopic (exact) mass is 276 g/mol. The Morgan fingerprint density at radius 2 is 2.00 bits per heavy atom. The summed E-state index contributed by atoms with van der Waals surface area (Å²) in [5.41, 5.74) is 0.236. The first kappa shape index (κ1) is 14.8. The summed E-state index contributed by atoms with van der Waals surface area (Å²) in [4.78, 5) is 0. The fraction of sp³-hybridized carbons (Fsp3) is 0.538. The molecule has 1 aromatic rings. The van der Waals surface area contributed by atoms with Crippen molar-refractivity contribution in [2.45, 2.75) is 38.9 Å². The first-order valence-electron chi connectivity index (χ1n) is 5.62. The third kappa shape index (κ3) is 4.14. The molecular weight excluding hydrogens is 259 g/mol. The Bertz CT molecular complexity index is 378. The van der Waals surface area contributed by atoms with Gasteiger partial charge in [0.15, 0.2) is 0 Å². The van der Waals surface area contributed by atoms with E-state index in [0.717, 1.165) is 5.56 Å². The van der Waals surface area contributed by atoms with Crippen LogP contribution in [0.2, 0.25) is 10.0 Å². The summed E-state index contributed by atoms with van der Waals surface area (Å²) >= 11 is 12.0. The van der Waals surface area contributed by atoms with E-state index in [1.165, 1.54) is 0 Å². The van der Waals surface area contributed by atoms with Gasteiger partial charge in [-0.1, -0.05) is 23.2 Å². The number of aliphatic hydroxyl groups excluding tert-OH is 1. The topological polar surface area (TPSA) is 29.5 Å². The lowest BCUT2D eigenvalue weighted by atomic mass is 9.95. The second-order valence-electron chi connectivity index (χ2n) is 4.49. The van der Waals surface area contributed by atoms with Crippen LogP contribution in [0.15, 0.2) is 18.2 Å². The second-order valence-corrected chi connectivity index (χ2v) is 5.34. The number of aliphatic hydroxyl groups is 1. The van der Waals surface area contributed by atoms with E-state index in [4.69, 9.17) is 27.9 Å². The van der Waals surface area contributed by atoms with E-state index in [0.29, 0.717) is 23.1 Å². The van der Waals surface area contributed by atoms with Crippen molar-refractivity contribution in [3.8, 4) is 0 Å². The molecule has 96 valence electrons. The third-order valence-corrected chi connectivity index (χ3v) is 3.34. The maximum absolute atomic E-state index is 10.2. The Balaban J connectivity index is 2.80. The summed E-state index contributed by atoms with van der Waals surface area (Å²) in [5.74, 6) is 0. The molecule has 1 atom stereocenters. The van der Waals surface area contributed by atoms with Crippen LogP contribution >= 0.6 is 23.2 Å². The van der Waals surface area contributed by atoms with E-state index >= 15 is 0 Å². The predicted molar refractivity (Wildman–Crippen MR) is 71.9 cm³/mol. The van der Waals surface area contributed by atoms with Crippen LogP contribution in [-0.2, 0) is 11.2 Å². The lowest BCUT2D eigenvalue weighted by Crippen LogP contribution is -2.40. The Labute approximate surface area is 113 Å². The summed E-state index contributed by atoms with van der Waals surface area (Å²) in [6.07, 6.45) is -0.203. The van der Waals surface area contributed by atoms with Gasteiger partial charge in [-0.25, -0.2) is 0 Å². The number of rotatable bonds is 5. The molecule has 0 saturated carbocycles. The number of halogens is 2. The fourth-order valence-electron chi connectivity index (χ4n) is 1.62. The number of ether oxygens (including phenoxy) is 1. The van der Waals surface area contributed by atoms with Crippen molar-refractivity contribution < 1.29 is 9.84 Å². The molecule has 0 aromatic heterocycles. The highest BCUT2D eigenvalue weighted by Crippen LogP contribution is 2.25. The van der Waals surface area contributed by atoms with Gasteiger partial charge in [-0.15, -0.1) is 0 Å². The third-order valence-electron chi connectivity index (χ3n) is 2.74. The van der Waals surface area contributed by atoms with E-state index in [9.17, 15) is 5.11 Å². The van der Waals surface area contributed by atoms with Crippen LogP contribution in [0.4, 0.5) is 0 Å². The average molecular weight is 277 g/mol. The molecule has 1 unspecified atom stereocenters. The Hall–Kier alpha value is -0.280. The van der Waals surface area contributed by atoms with Gasteiger partial charge in [0.25, 0.3) is 0 Å². The predicted octanol–water partition coefficient (Wildman–Crippen LogP) is 3.71. The molecule has 0 bridgehead atoms. The molecule has 0 aliphatic rings. The molecule has 1 N–H and O–H groups in total. The van der Waals surface area contributed by atoms with Gasteiger partial charge in [-0.3, -0.25) is 0 Å². The molecule has 17 heavy (non-hydrogen) atoms. The zero-order valence-electron chi connectivity index (χ0n) is 10.3. The van der Waals surface area contributed by atoms with Crippen molar-refractivity contribution in [2.24, 2.45) is 0 Å². The maximum Gasteiger partial charge on any atom is 0.0887 e. The van der Waals surface area contributed by atoms with Crippen LogP contribution in [-0.4, -0.2) is 23.4 Å². The molecule has 0 heterocycles. The zero-order chi connectivity index (χ0) is 13.1. The minimum Gasteiger partial charge on any atom is -0.390 e. The SMILES string of the molecule is CCOC(C)(C)C(O)Cc1cc(Cl)ccc1Cl. The van der Waals surface area contributed by atoms with E-state index in [2.05, 4.69) is 0 Å². The van der Waals surface area contributed by atoms with Crippen molar-refractivity contribution in [1.29, 1.82) is 0 Å². The molecular formula is C13H18Cl2O2. The number of hydrogen-bond donors (Lipinski definition) is 1. The summed E-state index contributed by atoms with van der Waals surface area (Å²) in [7, 11) is 0. The Morgan fingerprint density at radius 1 is 1.35 bits per heavy atom. The smallest absolute Gasteiger partial charge is 0.0887 e. The lowest BCUT2D eigenvalue weighted by molar-refractivity contribution is -0.0955. The molecule has 1 aromatic carbocycles. The largest absolute Gasteiger partial charge is 0.390 e. The highest BCUT2D eigenvalue weighted by atomic mass is 35.5. The summed E-state index contributed by atoms with van der Waals surface area (Å²) in [5, 5.41) is 11.4. The molecule has 0 aliphatic heterocycles. The summed E-state index contributed by atoms with van der Waals surface area (Å²) in [6.45, 7) is 6.19. The molecule has 2 nitrogen and oxygen atoms in total.